The lowest BCUT2D eigenvalue weighted by molar-refractivity contribution is 0.296. The molecule has 0 aromatic heterocycles. The number of hydrogen-bond acceptors (Lipinski definition) is 0. The van der Waals surface area contributed by atoms with Gasteiger partial charge in [0.05, 0.1) is 5.56 Å². The number of allylic oxidation sites excluding steroid dienone is 1. The summed E-state index contributed by atoms with van der Waals surface area (Å²) in [4.78, 5) is 0. The summed E-state index contributed by atoms with van der Waals surface area (Å²) in [6.45, 7) is 6.13. The van der Waals surface area contributed by atoms with Gasteiger partial charge in [-0.3, -0.25) is 0 Å². The molecule has 0 radical (unpaired) electrons. The lowest BCUT2D eigenvalue weighted by atomic mass is 9.79. The van der Waals surface area contributed by atoms with E-state index in [1.807, 2.05) is 24.3 Å². The molecule has 33 heavy (non-hydrogen) atoms. The third-order valence-corrected chi connectivity index (χ3v) is 7.20. The van der Waals surface area contributed by atoms with Crippen LogP contribution in [0.15, 0.2) is 67.3 Å². The van der Waals surface area contributed by atoms with Crippen molar-refractivity contribution >= 4 is 10.8 Å². The number of hydrogen-bond donors (Lipinski definition) is 0. The Morgan fingerprint density at radius 2 is 1.67 bits per heavy atom. The van der Waals surface area contributed by atoms with Crippen molar-refractivity contribution in [2.45, 2.75) is 64.7 Å². The average molecular weight is 439 g/mol. The number of aryl methyl sites for hydroxylation is 2. The second-order valence-corrected chi connectivity index (χ2v) is 9.59. The molecule has 4 rings (SSSR count). The first-order valence-electron chi connectivity index (χ1n) is 12.6. The fraction of sp³-hybridized carbons (Fsp3) is 0.375. The summed E-state index contributed by atoms with van der Waals surface area (Å²) in [7, 11) is 0. The van der Waals surface area contributed by atoms with Gasteiger partial charge in [0.1, 0.15) is 5.82 Å². The third kappa shape index (κ3) is 6.14. The smallest absolute Gasteiger partial charge is 0.146 e. The topological polar surface area (TPSA) is 0 Å². The van der Waals surface area contributed by atoms with E-state index in [1.54, 1.807) is 0 Å². The maximum Gasteiger partial charge on any atom is 0.146 e. The molecule has 0 saturated heterocycles. The number of rotatable bonds is 7. The van der Waals surface area contributed by atoms with Crippen LogP contribution in [0.3, 0.4) is 0 Å². The van der Waals surface area contributed by atoms with Crippen LogP contribution in [0.4, 0.5) is 4.39 Å². The molecule has 1 heteroatoms. The van der Waals surface area contributed by atoms with Gasteiger partial charge in [-0.15, -0.1) is 6.58 Å². The van der Waals surface area contributed by atoms with Gasteiger partial charge in [-0.2, -0.15) is 0 Å². The van der Waals surface area contributed by atoms with Gasteiger partial charge in [-0.25, -0.2) is 4.39 Å². The van der Waals surface area contributed by atoms with E-state index in [9.17, 15) is 0 Å². The highest BCUT2D eigenvalue weighted by Crippen LogP contribution is 2.32. The Kier molecular flexibility index (Phi) is 8.01. The second kappa shape index (κ2) is 11.3. The summed E-state index contributed by atoms with van der Waals surface area (Å²) in [5.41, 5.74) is 4.02. The molecule has 0 unspecified atom stereocenters. The highest BCUT2D eigenvalue weighted by atomic mass is 19.1. The van der Waals surface area contributed by atoms with Crippen molar-refractivity contribution in [3.05, 3.63) is 95.3 Å². The van der Waals surface area contributed by atoms with E-state index < -0.39 is 0 Å². The van der Waals surface area contributed by atoms with Gasteiger partial charge in [0, 0.05) is 10.9 Å². The number of halogens is 1. The third-order valence-electron chi connectivity index (χ3n) is 7.20. The fourth-order valence-electron chi connectivity index (χ4n) is 4.95. The Morgan fingerprint density at radius 1 is 0.909 bits per heavy atom. The molecule has 0 bridgehead atoms. The van der Waals surface area contributed by atoms with Crippen molar-refractivity contribution in [1.29, 1.82) is 0 Å². The van der Waals surface area contributed by atoms with Crippen LogP contribution in [-0.2, 0) is 12.8 Å². The molecule has 0 aliphatic heterocycles. The van der Waals surface area contributed by atoms with Crippen molar-refractivity contribution in [3.63, 3.8) is 0 Å². The standard InChI is InChI=1S/C32H35F/c1-3-5-6-28-18-22-31-30(23-28)21-20-29(32(31)33)19-17-27-15-13-26(14-16-27)12-11-25-9-7-24(4-2)8-10-25/h4,13-16,18,20-25H,2-3,5-12H2,1H3. The molecule has 3 aromatic carbocycles. The Hall–Kier alpha value is -2.85. The molecule has 0 heterocycles. The normalized spacial score (nSPS) is 18.0. The van der Waals surface area contributed by atoms with Crippen LogP contribution < -0.4 is 0 Å². The van der Waals surface area contributed by atoms with E-state index in [0.717, 1.165) is 42.0 Å². The quantitative estimate of drug-likeness (QED) is 0.256. The first-order chi connectivity index (χ1) is 16.2. The lowest BCUT2D eigenvalue weighted by Crippen LogP contribution is -2.13. The van der Waals surface area contributed by atoms with Gasteiger partial charge in [-0.1, -0.05) is 67.7 Å². The Labute approximate surface area is 198 Å². The number of unbranched alkanes of at least 4 members (excludes halogenated alkanes) is 1. The zero-order valence-electron chi connectivity index (χ0n) is 19.9. The molecular weight excluding hydrogens is 403 g/mol. The van der Waals surface area contributed by atoms with E-state index in [0.29, 0.717) is 10.9 Å². The largest absolute Gasteiger partial charge is 0.205 e. The molecule has 0 amide bonds. The molecule has 0 spiro atoms. The van der Waals surface area contributed by atoms with Gasteiger partial charge in [0.25, 0.3) is 0 Å². The van der Waals surface area contributed by atoms with E-state index in [2.05, 4.69) is 61.8 Å². The van der Waals surface area contributed by atoms with E-state index in [1.165, 1.54) is 49.7 Å². The second-order valence-electron chi connectivity index (χ2n) is 9.59. The van der Waals surface area contributed by atoms with E-state index in [-0.39, 0.29) is 5.82 Å². The average Bonchev–Trinajstić information content (AvgIpc) is 2.86. The summed E-state index contributed by atoms with van der Waals surface area (Å²) >= 11 is 0. The lowest BCUT2D eigenvalue weighted by Gasteiger charge is -2.26. The number of benzene rings is 3. The Bertz CT molecular complexity index is 1130. The Morgan fingerprint density at radius 3 is 2.39 bits per heavy atom. The zero-order chi connectivity index (χ0) is 23.0. The molecule has 0 nitrogen and oxygen atoms in total. The SMILES string of the molecule is C=CC1CCC(CCc2ccc(C#Cc3ccc4cc(CCCC)ccc4c3F)cc2)CC1. The predicted molar refractivity (Wildman–Crippen MR) is 139 cm³/mol. The van der Waals surface area contributed by atoms with Crippen molar-refractivity contribution < 1.29 is 4.39 Å². The van der Waals surface area contributed by atoms with Gasteiger partial charge in [0.15, 0.2) is 0 Å². The summed E-state index contributed by atoms with van der Waals surface area (Å²) < 4.78 is 15.0. The van der Waals surface area contributed by atoms with Gasteiger partial charge in [0.2, 0.25) is 0 Å². The van der Waals surface area contributed by atoms with Crippen LogP contribution in [-0.4, -0.2) is 0 Å². The maximum absolute atomic E-state index is 15.0. The van der Waals surface area contributed by atoms with Crippen molar-refractivity contribution in [1.82, 2.24) is 0 Å². The summed E-state index contributed by atoms with van der Waals surface area (Å²) in [6, 6.07) is 18.3. The molecule has 0 atom stereocenters. The first kappa shape index (κ1) is 23.3. The molecule has 1 fully saturated rings. The highest BCUT2D eigenvalue weighted by molar-refractivity contribution is 5.85. The monoisotopic (exact) mass is 438 g/mol. The highest BCUT2D eigenvalue weighted by Gasteiger charge is 2.18. The summed E-state index contributed by atoms with van der Waals surface area (Å²) in [6.07, 6.45) is 13.1. The van der Waals surface area contributed by atoms with Crippen molar-refractivity contribution in [3.8, 4) is 11.8 Å². The minimum atomic E-state index is -0.218. The fourth-order valence-corrected chi connectivity index (χ4v) is 4.95. The first-order valence-corrected chi connectivity index (χ1v) is 12.6. The summed E-state index contributed by atoms with van der Waals surface area (Å²) in [5, 5.41) is 1.61. The minimum absolute atomic E-state index is 0.218. The molecule has 1 aliphatic rings. The van der Waals surface area contributed by atoms with Crippen LogP contribution in [0, 0.1) is 29.5 Å². The van der Waals surface area contributed by atoms with E-state index in [4.69, 9.17) is 0 Å². The molecule has 1 saturated carbocycles. The van der Waals surface area contributed by atoms with Gasteiger partial charge >= 0.3 is 0 Å². The Balaban J connectivity index is 1.38. The zero-order valence-corrected chi connectivity index (χ0v) is 19.9. The molecular formula is C32H35F. The van der Waals surface area contributed by atoms with Crippen LogP contribution in [0.5, 0.6) is 0 Å². The predicted octanol–water partition coefficient (Wildman–Crippen LogP) is 8.65. The van der Waals surface area contributed by atoms with Crippen LogP contribution in [0.1, 0.15) is 74.1 Å². The molecule has 170 valence electrons. The molecule has 3 aromatic rings. The van der Waals surface area contributed by atoms with Crippen LogP contribution >= 0.6 is 0 Å². The molecule has 1 aliphatic carbocycles. The van der Waals surface area contributed by atoms with Gasteiger partial charge < -0.3 is 0 Å². The van der Waals surface area contributed by atoms with Gasteiger partial charge in [-0.05, 0) is 97.9 Å². The minimum Gasteiger partial charge on any atom is -0.205 e. The molecule has 0 N–H and O–H groups in total. The van der Waals surface area contributed by atoms with Crippen molar-refractivity contribution in [2.24, 2.45) is 11.8 Å². The van der Waals surface area contributed by atoms with Crippen molar-refractivity contribution in [2.75, 3.05) is 0 Å². The van der Waals surface area contributed by atoms with Crippen LogP contribution in [0.25, 0.3) is 10.8 Å². The van der Waals surface area contributed by atoms with E-state index >= 15 is 4.39 Å². The summed E-state index contributed by atoms with van der Waals surface area (Å²) in [5.74, 6) is 7.56. The van der Waals surface area contributed by atoms with Crippen LogP contribution in [0.2, 0.25) is 0 Å². The number of fused-ring (bicyclic) bond motifs is 1. The maximum atomic E-state index is 15.0.